The Morgan fingerprint density at radius 3 is 3.46 bits per heavy atom. The van der Waals surface area contributed by atoms with Gasteiger partial charge in [0.15, 0.2) is 0 Å². The van der Waals surface area contributed by atoms with Crippen LogP contribution in [0, 0.1) is 11.8 Å². The summed E-state index contributed by atoms with van der Waals surface area (Å²) >= 11 is 2.36. The molecule has 2 rings (SSSR count). The monoisotopic (exact) mass is 284 g/mol. The predicted molar refractivity (Wildman–Crippen MR) is 63.1 cm³/mol. The average Bonchev–Trinajstić information content (AvgIpc) is 2.11. The largest absolute Gasteiger partial charge is 0.294 e. The fourth-order valence-electron chi connectivity index (χ4n) is 1.26. The van der Waals surface area contributed by atoms with E-state index in [4.69, 9.17) is 0 Å². The predicted octanol–water partition coefficient (Wildman–Crippen LogP) is 1.29. The Bertz CT molecular complexity index is 344. The molecule has 0 radical (unpaired) electrons. The lowest BCUT2D eigenvalue weighted by Gasteiger charge is -2.18. The van der Waals surface area contributed by atoms with Gasteiger partial charge in [0.05, 0.1) is 5.70 Å². The van der Waals surface area contributed by atoms with Crippen LogP contribution in [0.3, 0.4) is 0 Å². The third-order valence-electron chi connectivity index (χ3n) is 1.87. The first kappa shape index (κ1) is 8.97. The van der Waals surface area contributed by atoms with Crippen LogP contribution >= 0.6 is 22.6 Å². The quantitative estimate of drug-likeness (QED) is 0.404. The number of hydrogen-bond acceptors (Lipinski definition) is 2. The third-order valence-corrected chi connectivity index (χ3v) is 2.65. The van der Waals surface area contributed by atoms with Gasteiger partial charge in [0.1, 0.15) is 6.04 Å². The van der Waals surface area contributed by atoms with E-state index >= 15 is 0 Å². The van der Waals surface area contributed by atoms with Crippen LogP contribution in [-0.2, 0) is 0 Å². The van der Waals surface area contributed by atoms with Crippen LogP contribution in [0.2, 0.25) is 0 Å². The molecular weight excluding hydrogens is 275 g/mol. The van der Waals surface area contributed by atoms with Crippen LogP contribution in [0.15, 0.2) is 28.9 Å². The highest BCUT2D eigenvalue weighted by Crippen LogP contribution is 2.14. The van der Waals surface area contributed by atoms with Crippen molar-refractivity contribution < 1.29 is 0 Å². The fourth-order valence-corrected chi connectivity index (χ4v) is 1.83. The maximum absolute atomic E-state index is 4.34. The lowest BCUT2D eigenvalue weighted by molar-refractivity contribution is 0.712. The van der Waals surface area contributed by atoms with Gasteiger partial charge in [-0.15, -0.1) is 0 Å². The van der Waals surface area contributed by atoms with Crippen molar-refractivity contribution in [1.82, 2.24) is 5.32 Å². The van der Waals surface area contributed by atoms with Gasteiger partial charge in [-0.1, -0.05) is 40.5 Å². The molecule has 0 aromatic heterocycles. The summed E-state index contributed by atoms with van der Waals surface area (Å²) in [6, 6.07) is 0.118. The van der Waals surface area contributed by atoms with Gasteiger partial charge in [-0.05, 0) is 12.2 Å². The topological polar surface area (TPSA) is 24.4 Å². The maximum atomic E-state index is 4.34. The molecule has 2 aliphatic rings. The van der Waals surface area contributed by atoms with Crippen molar-refractivity contribution in [1.29, 1.82) is 0 Å². The molecule has 0 amide bonds. The standard InChI is InChI=1S/C10H9IN2/c11-8-3-1-2-4-9-10(7-8)13-6-5-12-9/h1,3,6-9,12H,5H2/b3-1-,10-7?/t8?,9-/m0/s1. The van der Waals surface area contributed by atoms with Gasteiger partial charge in [0, 0.05) is 16.7 Å². The lowest BCUT2D eigenvalue weighted by atomic mass is 10.1. The van der Waals surface area contributed by atoms with Gasteiger partial charge in [0.2, 0.25) is 0 Å². The molecule has 3 heteroatoms. The molecule has 0 aromatic rings. The van der Waals surface area contributed by atoms with E-state index in [2.05, 4.69) is 56.9 Å². The third kappa shape index (κ3) is 2.20. The first-order valence-corrected chi connectivity index (χ1v) is 5.40. The molecule has 66 valence electrons. The van der Waals surface area contributed by atoms with Gasteiger partial charge >= 0.3 is 0 Å². The second kappa shape index (κ2) is 4.07. The summed E-state index contributed by atoms with van der Waals surface area (Å²) in [4.78, 5) is 4.34. The van der Waals surface area contributed by atoms with E-state index < -0.39 is 0 Å². The van der Waals surface area contributed by atoms with Crippen molar-refractivity contribution in [2.45, 2.75) is 9.97 Å². The zero-order valence-corrected chi connectivity index (χ0v) is 9.15. The van der Waals surface area contributed by atoms with E-state index in [9.17, 15) is 0 Å². The Morgan fingerprint density at radius 2 is 2.54 bits per heavy atom. The molecule has 2 atom stereocenters. The fraction of sp³-hybridized carbons (Fsp3) is 0.300. The van der Waals surface area contributed by atoms with E-state index in [0.717, 1.165) is 12.2 Å². The summed E-state index contributed by atoms with van der Waals surface area (Å²) in [6.45, 7) is 0.812. The minimum Gasteiger partial charge on any atom is -0.294 e. The average molecular weight is 284 g/mol. The molecule has 1 aliphatic heterocycles. The summed E-state index contributed by atoms with van der Waals surface area (Å²) in [6.07, 6.45) is 8.00. The van der Waals surface area contributed by atoms with Crippen LogP contribution < -0.4 is 5.32 Å². The number of nitrogens with one attached hydrogen (secondary N) is 1. The summed E-state index contributed by atoms with van der Waals surface area (Å²) in [5.74, 6) is 6.12. The Labute approximate surface area is 91.3 Å². The Morgan fingerprint density at radius 1 is 1.62 bits per heavy atom. The highest BCUT2D eigenvalue weighted by molar-refractivity contribution is 14.1. The summed E-state index contributed by atoms with van der Waals surface area (Å²) in [5.41, 5.74) is 1.04. The van der Waals surface area contributed by atoms with Gasteiger partial charge in [-0.25, -0.2) is 0 Å². The van der Waals surface area contributed by atoms with Crippen LogP contribution in [0.5, 0.6) is 0 Å². The maximum Gasteiger partial charge on any atom is 0.112 e. The molecule has 1 aliphatic carbocycles. The first-order chi connectivity index (χ1) is 6.36. The minimum atomic E-state index is 0.118. The van der Waals surface area contributed by atoms with Gasteiger partial charge in [-0.3, -0.25) is 10.3 Å². The molecule has 0 bridgehead atoms. The van der Waals surface area contributed by atoms with Crippen molar-refractivity contribution in [2.75, 3.05) is 6.54 Å². The van der Waals surface area contributed by atoms with Crippen molar-refractivity contribution >= 4 is 28.8 Å². The van der Waals surface area contributed by atoms with Crippen LogP contribution in [-0.4, -0.2) is 22.7 Å². The molecule has 0 spiro atoms. The molecular formula is C10H9IN2. The van der Waals surface area contributed by atoms with Gasteiger partial charge in [-0.2, -0.15) is 0 Å². The molecule has 1 N–H and O–H groups in total. The number of allylic oxidation sites excluding steroid dienone is 3. The lowest BCUT2D eigenvalue weighted by Crippen LogP contribution is -2.34. The number of rotatable bonds is 0. The summed E-state index contributed by atoms with van der Waals surface area (Å²) < 4.78 is 0.391. The first-order valence-electron chi connectivity index (χ1n) is 4.16. The van der Waals surface area contributed by atoms with Crippen LogP contribution in [0.1, 0.15) is 0 Å². The van der Waals surface area contributed by atoms with E-state index in [1.807, 2.05) is 12.3 Å². The van der Waals surface area contributed by atoms with Crippen LogP contribution in [0.25, 0.3) is 0 Å². The normalized spacial score (nSPS) is 33.2. The number of alkyl halides is 1. The summed E-state index contributed by atoms with van der Waals surface area (Å²) in [7, 11) is 0. The molecule has 0 aromatic carbocycles. The van der Waals surface area contributed by atoms with E-state index in [1.54, 1.807) is 0 Å². The van der Waals surface area contributed by atoms with Crippen molar-refractivity contribution in [3.8, 4) is 11.8 Å². The number of nitrogens with zero attached hydrogens (tertiary/aromatic N) is 1. The highest BCUT2D eigenvalue weighted by atomic mass is 127. The number of aliphatic imine (C=N–C) groups is 1. The Kier molecular flexibility index (Phi) is 2.81. The number of hydrogen-bond donors (Lipinski definition) is 1. The molecule has 0 fully saturated rings. The second-order valence-electron chi connectivity index (χ2n) is 2.84. The molecule has 2 nitrogen and oxygen atoms in total. The molecule has 0 saturated heterocycles. The van der Waals surface area contributed by atoms with Gasteiger partial charge in [0.25, 0.3) is 0 Å². The van der Waals surface area contributed by atoms with Crippen LogP contribution in [0.4, 0.5) is 0 Å². The smallest absolute Gasteiger partial charge is 0.112 e. The number of fused-ring (bicyclic) bond motifs is 1. The van der Waals surface area contributed by atoms with Crippen molar-refractivity contribution in [2.24, 2.45) is 4.99 Å². The highest BCUT2D eigenvalue weighted by Gasteiger charge is 2.14. The zero-order valence-electron chi connectivity index (χ0n) is 7.00. The van der Waals surface area contributed by atoms with Crippen molar-refractivity contribution in [3.63, 3.8) is 0 Å². The van der Waals surface area contributed by atoms with E-state index in [0.29, 0.717) is 3.92 Å². The Hall–Kier alpha value is -0.600. The molecule has 0 saturated carbocycles. The number of halogens is 1. The molecule has 1 heterocycles. The zero-order chi connectivity index (χ0) is 9.10. The Balaban J connectivity index is 2.36. The second-order valence-corrected chi connectivity index (χ2v) is 4.28. The molecule has 1 unspecified atom stereocenters. The molecule has 13 heavy (non-hydrogen) atoms. The summed E-state index contributed by atoms with van der Waals surface area (Å²) in [5, 5.41) is 3.28. The van der Waals surface area contributed by atoms with Gasteiger partial charge < -0.3 is 0 Å². The van der Waals surface area contributed by atoms with E-state index in [1.165, 1.54) is 0 Å². The SMILES string of the molecule is IC1C=C2N=CCN[C@H]2C#C/C=C\1. The minimum absolute atomic E-state index is 0.118. The van der Waals surface area contributed by atoms with Crippen molar-refractivity contribution in [3.05, 3.63) is 23.9 Å². The van der Waals surface area contributed by atoms with E-state index in [-0.39, 0.29) is 6.04 Å².